The molecule has 0 unspecified atom stereocenters. The van der Waals surface area contributed by atoms with E-state index in [1.165, 1.54) is 134 Å². The van der Waals surface area contributed by atoms with E-state index in [0.717, 1.165) is 50.5 Å². The van der Waals surface area contributed by atoms with Crippen LogP contribution in [0.2, 0.25) is 0 Å². The van der Waals surface area contributed by atoms with Gasteiger partial charge in [-0.15, -0.1) is 0 Å². The summed E-state index contributed by atoms with van der Waals surface area (Å²) < 4.78 is 80.9. The van der Waals surface area contributed by atoms with Crippen LogP contribution in [0.1, 0.15) is 147 Å². The second-order valence-electron chi connectivity index (χ2n) is 28.3. The minimum Gasteiger partial charge on any atom is -0.198 e. The normalized spacial score (nSPS) is 12.3. The molecule has 6 heteroatoms. The van der Waals surface area contributed by atoms with Crippen LogP contribution in [0.4, 0.5) is 0 Å². The number of pyridine rings is 6. The summed E-state index contributed by atoms with van der Waals surface area (Å²) in [6.07, 6.45) is 0. The highest BCUT2D eigenvalue weighted by atomic mass is 15.0. The van der Waals surface area contributed by atoms with Crippen molar-refractivity contribution >= 4 is 0 Å². The van der Waals surface area contributed by atoms with Gasteiger partial charge < -0.3 is 0 Å². The van der Waals surface area contributed by atoms with Crippen molar-refractivity contribution in [3.63, 3.8) is 0 Å². The zero-order valence-corrected chi connectivity index (χ0v) is 66.5. The van der Waals surface area contributed by atoms with Crippen LogP contribution in [0.3, 0.4) is 0 Å². The number of benzene rings is 6. The van der Waals surface area contributed by atoms with Gasteiger partial charge in [-0.05, 0) is 247 Å². The first-order valence-electron chi connectivity index (χ1n) is 40.0. The fraction of sp³-hybridized carbons (Fsp3) is 0.312. The van der Waals surface area contributed by atoms with E-state index in [1.807, 2.05) is 84.4 Å². The molecule has 0 bridgehead atoms. The lowest BCUT2D eigenvalue weighted by atomic mass is 9.97. The van der Waals surface area contributed by atoms with Gasteiger partial charge in [0.2, 0.25) is 34.2 Å². The summed E-state index contributed by atoms with van der Waals surface area (Å²) >= 11 is 0. The molecule has 6 aromatic carbocycles. The molecule has 12 rings (SSSR count). The third-order valence-electron chi connectivity index (χ3n) is 20.7. The third kappa shape index (κ3) is 18.5. The van der Waals surface area contributed by atoms with Crippen LogP contribution >= 0.6 is 0 Å². The van der Waals surface area contributed by atoms with Crippen LogP contribution in [0.15, 0.2) is 182 Å². The fourth-order valence-corrected chi connectivity index (χ4v) is 13.4. The molecule has 6 aromatic heterocycles. The van der Waals surface area contributed by atoms with Crippen molar-refractivity contribution in [3.05, 3.63) is 316 Å². The Labute approximate surface area is 628 Å². The average molecular weight is 1370 g/mol. The van der Waals surface area contributed by atoms with E-state index in [0.29, 0.717) is 17.0 Å². The summed E-state index contributed by atoms with van der Waals surface area (Å²) in [5.74, 6) is 0. The van der Waals surface area contributed by atoms with E-state index in [9.17, 15) is 0 Å². The fourth-order valence-electron chi connectivity index (χ4n) is 13.4. The van der Waals surface area contributed by atoms with Crippen LogP contribution in [0.25, 0.3) is 67.5 Å². The standard InChI is InChI=1S/6C16H20N/c2*1-11-6-9-15(13(3)10-11)16-12(2)7-8-14(4)17(16)5;1-11-6-7-12(2)15(10-11)16-13(3)8-9-14(4)17(16)5;3*1-11-7-6-8-15(14(11)4)16-12(2)9-10-13(3)17(16)5/h6*6-10H,1-5H3/q6*+1/i1D3;;;2*3D3;. The van der Waals surface area contributed by atoms with Crippen molar-refractivity contribution in [2.24, 2.45) is 42.3 Å². The molecule has 12 aromatic rings. The number of hydrogen-bond acceptors (Lipinski definition) is 0. The van der Waals surface area contributed by atoms with Gasteiger partial charge in [0, 0.05) is 157 Å². The third-order valence-corrected chi connectivity index (χ3v) is 20.7. The molecule has 0 aliphatic rings. The van der Waals surface area contributed by atoms with Gasteiger partial charge in [-0.1, -0.05) is 89.5 Å². The maximum atomic E-state index is 7.65. The minimum atomic E-state index is -2.10. The molecule has 0 saturated heterocycles. The molecule has 0 amide bonds. The predicted octanol–water partition coefficient (Wildman–Crippen LogP) is 20.5. The molecule has 0 fully saturated rings. The van der Waals surface area contributed by atoms with Gasteiger partial charge in [0.25, 0.3) is 0 Å². The van der Waals surface area contributed by atoms with Crippen molar-refractivity contribution in [1.29, 1.82) is 0 Å². The largest absolute Gasteiger partial charge is 0.215 e. The maximum absolute atomic E-state index is 7.65. The predicted molar refractivity (Wildman–Crippen MR) is 432 cm³/mol. The maximum Gasteiger partial charge on any atom is 0.215 e. The van der Waals surface area contributed by atoms with Crippen LogP contribution in [-0.2, 0) is 42.3 Å². The van der Waals surface area contributed by atoms with Gasteiger partial charge in [0.15, 0.2) is 34.2 Å². The molecular formula is C96H120N6+6. The molecule has 0 atom stereocenters. The number of hydrogen-bond donors (Lipinski definition) is 0. The topological polar surface area (TPSA) is 23.3 Å². The number of nitrogens with zero attached hydrogens (tertiary/aromatic N) is 6. The molecule has 0 radical (unpaired) electrons. The van der Waals surface area contributed by atoms with Gasteiger partial charge in [-0.25, -0.2) is 0 Å². The zero-order chi connectivity index (χ0) is 83.0. The van der Waals surface area contributed by atoms with Crippen molar-refractivity contribution in [2.75, 3.05) is 0 Å². The van der Waals surface area contributed by atoms with E-state index in [1.54, 1.807) is 33.4 Å². The molecule has 6 nitrogen and oxygen atoms in total. The summed E-state index contributed by atoms with van der Waals surface area (Å²) in [5.41, 5.74) is 41.6. The molecular weight excluding hydrogens is 1240 g/mol. The van der Waals surface area contributed by atoms with Gasteiger partial charge in [-0.2, -0.15) is 27.4 Å². The van der Waals surface area contributed by atoms with E-state index >= 15 is 0 Å². The molecule has 0 spiro atoms. The van der Waals surface area contributed by atoms with Crippen molar-refractivity contribution in [2.45, 2.75) is 166 Å². The Hall–Kier alpha value is -9.78. The number of rotatable bonds is 6. The average Bonchev–Trinajstić information content (AvgIpc) is 0.782. The SMILES string of the molecule is Cc1ccc(-c2c(C)ccc(C)[n+]2C)c(C)c1.Cc1ccc(C)c(-c2c(C)ccc(C)[n+]2C)c1.Cc1cccc(-c2c(C)ccc(C)[n+]2C)c1C.[2H]C([2H])([2H])c1ccc(-c2c(C)ccc(C)[n+]2C)c(C)c1.[2H]C([2H])([2H])c1ccc(C)c(-c2cccc(C)c2C)[n+]1C.[2H]C([2H])([2H])c1ccc(C)c(-c2cccc(C)c2C)[n+]1C. The van der Waals surface area contributed by atoms with Crippen LogP contribution < -0.4 is 27.4 Å². The lowest BCUT2D eigenvalue weighted by Gasteiger charge is -2.10. The highest BCUT2D eigenvalue weighted by Crippen LogP contribution is 2.31. The Bertz CT molecular complexity index is 5230. The van der Waals surface area contributed by atoms with E-state index < -0.39 is 20.6 Å². The second kappa shape index (κ2) is 34.7. The van der Waals surface area contributed by atoms with Gasteiger partial charge in [0.1, 0.15) is 42.3 Å². The van der Waals surface area contributed by atoms with Crippen molar-refractivity contribution in [3.8, 4) is 67.5 Å². The summed E-state index contributed by atoms with van der Waals surface area (Å²) in [5, 5.41) is 0. The molecule has 0 aliphatic heterocycles. The first kappa shape index (κ1) is 66.8. The Morgan fingerprint density at radius 3 is 0.735 bits per heavy atom. The minimum absolute atomic E-state index is 0.360. The van der Waals surface area contributed by atoms with Gasteiger partial charge in [-0.3, -0.25) is 0 Å². The molecule has 102 heavy (non-hydrogen) atoms. The lowest BCUT2D eigenvalue weighted by Crippen LogP contribution is -2.35. The van der Waals surface area contributed by atoms with Crippen LogP contribution in [-0.4, -0.2) is 0 Å². The summed E-state index contributed by atoms with van der Waals surface area (Å²) in [6.45, 7) is 38.2. The highest BCUT2D eigenvalue weighted by molar-refractivity contribution is 5.70. The summed E-state index contributed by atoms with van der Waals surface area (Å²) in [4.78, 5) is 0. The van der Waals surface area contributed by atoms with Crippen LogP contribution in [0.5, 0.6) is 0 Å². The van der Waals surface area contributed by atoms with Crippen molar-refractivity contribution in [1.82, 2.24) is 0 Å². The van der Waals surface area contributed by atoms with Crippen LogP contribution in [0, 0.1) is 166 Å². The van der Waals surface area contributed by atoms with Gasteiger partial charge >= 0.3 is 0 Å². The summed E-state index contributed by atoms with van der Waals surface area (Å²) in [7, 11) is 12.1. The zero-order valence-electron chi connectivity index (χ0n) is 75.5. The Morgan fingerprint density at radius 1 is 0.186 bits per heavy atom. The highest BCUT2D eigenvalue weighted by Gasteiger charge is 2.24. The quantitative estimate of drug-likeness (QED) is 0.148. The van der Waals surface area contributed by atoms with Gasteiger partial charge in [0.05, 0.1) is 0 Å². The molecule has 0 N–H and O–H groups in total. The van der Waals surface area contributed by atoms with E-state index in [2.05, 4.69) is 279 Å². The van der Waals surface area contributed by atoms with E-state index in [-0.39, 0.29) is 0 Å². The first-order valence-corrected chi connectivity index (χ1v) is 35.5. The Kier molecular flexibility index (Phi) is 22.7. The molecule has 0 aliphatic carbocycles. The Morgan fingerprint density at radius 2 is 0.431 bits per heavy atom. The van der Waals surface area contributed by atoms with Crippen molar-refractivity contribution < 1.29 is 39.7 Å². The molecule has 6 heterocycles. The second-order valence-corrected chi connectivity index (χ2v) is 28.3. The number of aryl methyl sites for hydroxylation is 21. The Balaban J connectivity index is 0.000000185. The molecule has 528 valence electrons. The monoisotopic (exact) mass is 1370 g/mol. The molecule has 0 saturated carbocycles. The summed E-state index contributed by atoms with van der Waals surface area (Å²) in [6, 6.07) is 61.9. The first-order chi connectivity index (χ1) is 51.7. The smallest absolute Gasteiger partial charge is 0.198 e. The lowest BCUT2D eigenvalue weighted by molar-refractivity contribution is -0.667. The van der Waals surface area contributed by atoms with E-state index in [4.69, 9.17) is 12.3 Å². The number of aromatic nitrogens is 6.